The van der Waals surface area contributed by atoms with E-state index in [0.717, 1.165) is 19.4 Å². The highest BCUT2D eigenvalue weighted by atomic mass is 32.2. The lowest BCUT2D eigenvalue weighted by atomic mass is 9.73. The van der Waals surface area contributed by atoms with Crippen molar-refractivity contribution in [2.24, 2.45) is 5.41 Å². The Labute approximate surface area is 136 Å². The molecule has 2 unspecified atom stereocenters. The van der Waals surface area contributed by atoms with Crippen LogP contribution in [0.1, 0.15) is 19.3 Å². The Hall–Kier alpha value is -1.02. The molecule has 0 aromatic heterocycles. The molecule has 2 heterocycles. The van der Waals surface area contributed by atoms with Crippen LogP contribution in [0.15, 0.2) is 29.2 Å². The van der Waals surface area contributed by atoms with Gasteiger partial charge in [0.2, 0.25) is 10.0 Å². The molecule has 2 atom stereocenters. The normalized spacial score (nSPS) is 29.2. The molecule has 0 saturated carbocycles. The van der Waals surface area contributed by atoms with Gasteiger partial charge in [-0.25, -0.2) is 12.8 Å². The molecule has 0 N–H and O–H groups in total. The van der Waals surface area contributed by atoms with E-state index in [9.17, 15) is 12.8 Å². The molecular weight excluding hydrogens is 321 g/mol. The van der Waals surface area contributed by atoms with E-state index in [0.29, 0.717) is 26.1 Å². The molecule has 1 aromatic rings. The second-order valence-electron chi connectivity index (χ2n) is 6.34. The minimum absolute atomic E-state index is 0.0378. The highest BCUT2D eigenvalue weighted by molar-refractivity contribution is 7.89. The summed E-state index contributed by atoms with van der Waals surface area (Å²) in [5.41, 5.74) is -0.293. The minimum atomic E-state index is -3.63. The summed E-state index contributed by atoms with van der Waals surface area (Å²) in [6, 6.07) is 4.98. The number of methoxy groups -OCH3 is 1. The summed E-state index contributed by atoms with van der Waals surface area (Å²) in [7, 11) is -2.00. The molecule has 2 saturated heterocycles. The lowest BCUT2D eigenvalue weighted by Crippen LogP contribution is -2.57. The van der Waals surface area contributed by atoms with Crippen molar-refractivity contribution in [3.05, 3.63) is 30.1 Å². The van der Waals surface area contributed by atoms with Crippen molar-refractivity contribution >= 4 is 10.0 Å². The zero-order valence-electron chi connectivity index (χ0n) is 13.2. The Kier molecular flexibility index (Phi) is 4.73. The third-order valence-corrected chi connectivity index (χ3v) is 6.70. The van der Waals surface area contributed by atoms with Crippen LogP contribution in [0.25, 0.3) is 0 Å². The number of benzene rings is 1. The van der Waals surface area contributed by atoms with Gasteiger partial charge >= 0.3 is 0 Å². The van der Waals surface area contributed by atoms with Crippen LogP contribution in [-0.2, 0) is 19.5 Å². The highest BCUT2D eigenvalue weighted by Crippen LogP contribution is 2.41. The fourth-order valence-corrected chi connectivity index (χ4v) is 5.26. The molecule has 0 spiro atoms. The molecule has 2 aliphatic rings. The fourth-order valence-electron chi connectivity index (χ4n) is 3.71. The van der Waals surface area contributed by atoms with Crippen molar-refractivity contribution in [3.8, 4) is 0 Å². The molecule has 0 amide bonds. The largest absolute Gasteiger partial charge is 0.384 e. The summed E-state index contributed by atoms with van der Waals surface area (Å²) < 4.78 is 51.5. The topological polar surface area (TPSA) is 55.8 Å². The average molecular weight is 343 g/mol. The van der Waals surface area contributed by atoms with Gasteiger partial charge in [0.15, 0.2) is 0 Å². The van der Waals surface area contributed by atoms with Crippen LogP contribution in [-0.4, -0.2) is 52.2 Å². The SMILES string of the molecule is COCC12CCCOC1CCN(S(=O)(=O)c1ccc(F)cc1)C2. The number of fused-ring (bicyclic) bond motifs is 1. The van der Waals surface area contributed by atoms with Crippen molar-refractivity contribution < 1.29 is 22.3 Å². The van der Waals surface area contributed by atoms with E-state index < -0.39 is 15.8 Å². The van der Waals surface area contributed by atoms with Gasteiger partial charge < -0.3 is 9.47 Å². The molecule has 2 aliphatic heterocycles. The maximum Gasteiger partial charge on any atom is 0.243 e. The fraction of sp³-hybridized carbons (Fsp3) is 0.625. The van der Waals surface area contributed by atoms with Crippen molar-refractivity contribution in [2.45, 2.75) is 30.3 Å². The Balaban J connectivity index is 1.87. The molecule has 0 bridgehead atoms. The van der Waals surface area contributed by atoms with Crippen LogP contribution in [0.3, 0.4) is 0 Å². The summed E-state index contributed by atoms with van der Waals surface area (Å²) in [6.07, 6.45) is 2.49. The number of rotatable bonds is 4. The maximum atomic E-state index is 13.1. The molecule has 0 radical (unpaired) electrons. The average Bonchev–Trinajstić information content (AvgIpc) is 2.55. The van der Waals surface area contributed by atoms with Crippen LogP contribution < -0.4 is 0 Å². The van der Waals surface area contributed by atoms with Gasteiger partial charge in [0.05, 0.1) is 17.6 Å². The first kappa shape index (κ1) is 16.8. The van der Waals surface area contributed by atoms with E-state index >= 15 is 0 Å². The van der Waals surface area contributed by atoms with E-state index in [1.165, 1.54) is 28.6 Å². The van der Waals surface area contributed by atoms with Crippen molar-refractivity contribution in [1.82, 2.24) is 4.31 Å². The number of sulfonamides is 1. The summed E-state index contributed by atoms with van der Waals surface area (Å²) in [4.78, 5) is 0.127. The minimum Gasteiger partial charge on any atom is -0.384 e. The predicted molar refractivity (Wildman–Crippen MR) is 83.1 cm³/mol. The Morgan fingerprint density at radius 3 is 2.83 bits per heavy atom. The van der Waals surface area contributed by atoms with Crippen molar-refractivity contribution in [2.75, 3.05) is 33.4 Å². The molecule has 0 aliphatic carbocycles. The summed E-state index contributed by atoms with van der Waals surface area (Å²) >= 11 is 0. The number of hydrogen-bond acceptors (Lipinski definition) is 4. The number of nitrogens with zero attached hydrogens (tertiary/aromatic N) is 1. The molecular formula is C16H22FNO4S. The second kappa shape index (κ2) is 6.47. The zero-order valence-corrected chi connectivity index (χ0v) is 14.0. The molecule has 2 fully saturated rings. The third kappa shape index (κ3) is 3.15. The standard InChI is InChI=1S/C16H22FNO4S/c1-21-12-16-8-2-10-22-15(16)7-9-18(11-16)23(19,20)14-5-3-13(17)4-6-14/h3-6,15H,2,7-12H2,1H3. The monoisotopic (exact) mass is 343 g/mol. The van der Waals surface area contributed by atoms with E-state index in [2.05, 4.69) is 0 Å². The van der Waals surface area contributed by atoms with Crippen molar-refractivity contribution in [3.63, 3.8) is 0 Å². The number of halogens is 1. The predicted octanol–water partition coefficient (Wildman–Crippen LogP) is 2.03. The highest BCUT2D eigenvalue weighted by Gasteiger charge is 2.48. The lowest BCUT2D eigenvalue weighted by Gasteiger charge is -2.49. The van der Waals surface area contributed by atoms with E-state index in [1.807, 2.05) is 0 Å². The first-order chi connectivity index (χ1) is 11.0. The van der Waals surface area contributed by atoms with Gasteiger partial charge in [0, 0.05) is 32.2 Å². The quantitative estimate of drug-likeness (QED) is 0.839. The Morgan fingerprint density at radius 2 is 2.13 bits per heavy atom. The first-order valence-electron chi connectivity index (χ1n) is 7.84. The number of piperidine rings is 1. The van der Waals surface area contributed by atoms with Crippen LogP contribution >= 0.6 is 0 Å². The van der Waals surface area contributed by atoms with E-state index in [1.54, 1.807) is 7.11 Å². The van der Waals surface area contributed by atoms with E-state index in [4.69, 9.17) is 9.47 Å². The smallest absolute Gasteiger partial charge is 0.243 e. The molecule has 5 nitrogen and oxygen atoms in total. The summed E-state index contributed by atoms with van der Waals surface area (Å²) in [5.74, 6) is -0.445. The zero-order chi connectivity index (χ0) is 16.5. The first-order valence-corrected chi connectivity index (χ1v) is 9.28. The number of ether oxygens (including phenoxy) is 2. The van der Waals surface area contributed by atoms with Gasteiger partial charge in [-0.05, 0) is 43.5 Å². The molecule has 1 aromatic carbocycles. The van der Waals surface area contributed by atoms with Gasteiger partial charge in [-0.2, -0.15) is 4.31 Å². The second-order valence-corrected chi connectivity index (χ2v) is 8.28. The van der Waals surface area contributed by atoms with Crippen molar-refractivity contribution in [1.29, 1.82) is 0 Å². The molecule has 3 rings (SSSR count). The van der Waals surface area contributed by atoms with Gasteiger partial charge in [-0.3, -0.25) is 0 Å². The van der Waals surface area contributed by atoms with Crippen LogP contribution in [0.5, 0.6) is 0 Å². The van der Waals surface area contributed by atoms with Gasteiger partial charge in [-0.15, -0.1) is 0 Å². The van der Waals surface area contributed by atoms with E-state index in [-0.39, 0.29) is 16.4 Å². The van der Waals surface area contributed by atoms with Crippen LogP contribution in [0, 0.1) is 11.2 Å². The number of hydrogen-bond donors (Lipinski definition) is 0. The van der Waals surface area contributed by atoms with Crippen LogP contribution in [0.4, 0.5) is 4.39 Å². The summed E-state index contributed by atoms with van der Waals surface area (Å²) in [6.45, 7) is 2.00. The lowest BCUT2D eigenvalue weighted by molar-refractivity contribution is -0.137. The Morgan fingerprint density at radius 1 is 1.39 bits per heavy atom. The Bertz CT molecular complexity index is 645. The third-order valence-electron chi connectivity index (χ3n) is 4.84. The van der Waals surface area contributed by atoms with Gasteiger partial charge in [0.25, 0.3) is 0 Å². The van der Waals surface area contributed by atoms with Crippen LogP contribution in [0.2, 0.25) is 0 Å². The van der Waals surface area contributed by atoms with Gasteiger partial charge in [-0.1, -0.05) is 0 Å². The molecule has 23 heavy (non-hydrogen) atoms. The van der Waals surface area contributed by atoms with Gasteiger partial charge in [0.1, 0.15) is 5.82 Å². The molecule has 128 valence electrons. The summed E-state index contributed by atoms with van der Waals surface area (Å²) in [5, 5.41) is 0. The maximum absolute atomic E-state index is 13.1. The molecule has 7 heteroatoms.